The molecule has 2 nitrogen and oxygen atoms in total. The molecular weight excluding hydrogens is 265 g/mol. The second-order valence-electron chi connectivity index (χ2n) is 5.66. The van der Waals surface area contributed by atoms with Crippen molar-refractivity contribution in [1.29, 1.82) is 0 Å². The molecule has 1 saturated carbocycles. The fraction of sp³-hybridized carbons (Fsp3) is 0.533. The van der Waals surface area contributed by atoms with E-state index in [1.165, 1.54) is 18.9 Å². The maximum Gasteiger partial charge on any atom is 0.416 e. The van der Waals surface area contributed by atoms with Gasteiger partial charge in [0.05, 0.1) is 16.6 Å². The highest BCUT2D eigenvalue weighted by Crippen LogP contribution is 2.43. The molecule has 1 aliphatic carbocycles. The van der Waals surface area contributed by atoms with Crippen molar-refractivity contribution in [2.45, 2.75) is 50.6 Å². The Morgan fingerprint density at radius 1 is 1.25 bits per heavy atom. The molecule has 0 unspecified atom stereocenters. The van der Waals surface area contributed by atoms with Crippen molar-refractivity contribution in [3.63, 3.8) is 0 Å². The number of aromatic nitrogens is 2. The molecule has 1 aromatic carbocycles. The minimum Gasteiger partial charge on any atom is -0.341 e. The molecule has 108 valence electrons. The van der Waals surface area contributed by atoms with E-state index in [4.69, 9.17) is 0 Å². The lowest BCUT2D eigenvalue weighted by molar-refractivity contribution is -0.137. The zero-order chi connectivity index (χ0) is 14.4. The SMILES string of the molecule is CCC1(c2nc3ccc(C(F)(F)F)cc3[nH]2)CCCC1. The molecule has 20 heavy (non-hydrogen) atoms. The monoisotopic (exact) mass is 282 g/mol. The molecule has 0 radical (unpaired) electrons. The number of benzene rings is 1. The molecule has 3 rings (SSSR count). The molecule has 1 aromatic heterocycles. The number of rotatable bonds is 2. The van der Waals surface area contributed by atoms with Gasteiger partial charge in [-0.05, 0) is 37.5 Å². The van der Waals surface area contributed by atoms with Crippen LogP contribution >= 0.6 is 0 Å². The predicted octanol–water partition coefficient (Wildman–Crippen LogP) is 4.80. The number of aromatic amines is 1. The van der Waals surface area contributed by atoms with Gasteiger partial charge >= 0.3 is 6.18 Å². The number of hydrogen-bond acceptors (Lipinski definition) is 1. The maximum atomic E-state index is 12.7. The van der Waals surface area contributed by atoms with E-state index < -0.39 is 11.7 Å². The average molecular weight is 282 g/mol. The minimum absolute atomic E-state index is 0.0252. The Balaban J connectivity index is 2.07. The van der Waals surface area contributed by atoms with E-state index in [1.54, 1.807) is 0 Å². The van der Waals surface area contributed by atoms with Crippen molar-refractivity contribution in [3.8, 4) is 0 Å². The molecule has 0 amide bonds. The summed E-state index contributed by atoms with van der Waals surface area (Å²) in [6.07, 6.45) is 1.12. The van der Waals surface area contributed by atoms with Gasteiger partial charge in [-0.15, -0.1) is 0 Å². The number of hydrogen-bond donors (Lipinski definition) is 1. The zero-order valence-electron chi connectivity index (χ0n) is 11.3. The van der Waals surface area contributed by atoms with Crippen molar-refractivity contribution in [2.24, 2.45) is 0 Å². The molecule has 0 saturated heterocycles. The van der Waals surface area contributed by atoms with Gasteiger partial charge in [0.25, 0.3) is 0 Å². The van der Waals surface area contributed by atoms with Crippen LogP contribution in [0.15, 0.2) is 18.2 Å². The van der Waals surface area contributed by atoms with Crippen molar-refractivity contribution in [3.05, 3.63) is 29.6 Å². The average Bonchev–Trinajstić information content (AvgIpc) is 3.04. The summed E-state index contributed by atoms with van der Waals surface area (Å²) in [5.74, 6) is 0.854. The van der Waals surface area contributed by atoms with Crippen LogP contribution in [-0.4, -0.2) is 9.97 Å². The van der Waals surface area contributed by atoms with Gasteiger partial charge in [-0.25, -0.2) is 4.98 Å². The van der Waals surface area contributed by atoms with Gasteiger partial charge in [0.1, 0.15) is 5.82 Å². The van der Waals surface area contributed by atoms with Crippen molar-refractivity contribution < 1.29 is 13.2 Å². The first kappa shape index (κ1) is 13.5. The van der Waals surface area contributed by atoms with Gasteiger partial charge < -0.3 is 4.98 Å². The summed E-state index contributed by atoms with van der Waals surface area (Å²) in [6.45, 7) is 2.12. The van der Waals surface area contributed by atoms with Crippen LogP contribution in [0.1, 0.15) is 50.4 Å². The summed E-state index contributed by atoms with van der Waals surface area (Å²) in [6, 6.07) is 3.71. The molecule has 0 bridgehead atoms. The normalized spacial score (nSPS) is 18.8. The Morgan fingerprint density at radius 2 is 1.95 bits per heavy atom. The molecule has 1 fully saturated rings. The lowest BCUT2D eigenvalue weighted by Gasteiger charge is -2.24. The van der Waals surface area contributed by atoms with Gasteiger partial charge in [-0.1, -0.05) is 19.8 Å². The van der Waals surface area contributed by atoms with Crippen LogP contribution in [0.4, 0.5) is 13.2 Å². The first-order valence-corrected chi connectivity index (χ1v) is 7.02. The predicted molar refractivity (Wildman–Crippen MR) is 71.5 cm³/mol. The van der Waals surface area contributed by atoms with Crippen LogP contribution in [0.25, 0.3) is 11.0 Å². The number of fused-ring (bicyclic) bond motifs is 1. The number of H-pyrrole nitrogens is 1. The first-order chi connectivity index (χ1) is 9.44. The number of nitrogens with one attached hydrogen (secondary N) is 1. The van der Waals surface area contributed by atoms with Crippen molar-refractivity contribution in [1.82, 2.24) is 9.97 Å². The van der Waals surface area contributed by atoms with E-state index in [2.05, 4.69) is 16.9 Å². The van der Waals surface area contributed by atoms with Crippen molar-refractivity contribution in [2.75, 3.05) is 0 Å². The fourth-order valence-corrected chi connectivity index (χ4v) is 3.25. The summed E-state index contributed by atoms with van der Waals surface area (Å²) in [5.41, 5.74) is 0.497. The van der Waals surface area contributed by atoms with Gasteiger partial charge in [0.2, 0.25) is 0 Å². The van der Waals surface area contributed by atoms with Crippen LogP contribution < -0.4 is 0 Å². The smallest absolute Gasteiger partial charge is 0.341 e. The van der Waals surface area contributed by atoms with E-state index in [0.29, 0.717) is 11.0 Å². The van der Waals surface area contributed by atoms with Crippen LogP contribution in [0.2, 0.25) is 0 Å². The largest absolute Gasteiger partial charge is 0.416 e. The summed E-state index contributed by atoms with van der Waals surface area (Å²) >= 11 is 0. The molecule has 1 heterocycles. The summed E-state index contributed by atoms with van der Waals surface area (Å²) in [7, 11) is 0. The van der Waals surface area contributed by atoms with Gasteiger partial charge in [0.15, 0.2) is 0 Å². The third kappa shape index (κ3) is 2.09. The second-order valence-corrected chi connectivity index (χ2v) is 5.66. The second kappa shape index (κ2) is 4.50. The zero-order valence-corrected chi connectivity index (χ0v) is 11.3. The molecule has 1 N–H and O–H groups in total. The van der Waals surface area contributed by atoms with E-state index in [1.807, 2.05) is 0 Å². The van der Waals surface area contributed by atoms with E-state index in [0.717, 1.165) is 37.2 Å². The van der Waals surface area contributed by atoms with Crippen LogP contribution in [0.3, 0.4) is 0 Å². The minimum atomic E-state index is -4.31. The lowest BCUT2D eigenvalue weighted by atomic mass is 9.83. The topological polar surface area (TPSA) is 28.7 Å². The number of imidazole rings is 1. The molecule has 0 aliphatic heterocycles. The van der Waals surface area contributed by atoms with Gasteiger partial charge in [-0.3, -0.25) is 0 Å². The fourth-order valence-electron chi connectivity index (χ4n) is 3.25. The Morgan fingerprint density at radius 3 is 2.55 bits per heavy atom. The van der Waals surface area contributed by atoms with Crippen LogP contribution in [0.5, 0.6) is 0 Å². The molecule has 1 aliphatic rings. The summed E-state index contributed by atoms with van der Waals surface area (Å²) in [4.78, 5) is 7.67. The number of halogens is 3. The summed E-state index contributed by atoms with van der Waals surface area (Å²) < 4.78 is 38.2. The van der Waals surface area contributed by atoms with E-state index in [-0.39, 0.29) is 5.41 Å². The number of nitrogens with zero attached hydrogens (tertiary/aromatic N) is 1. The Hall–Kier alpha value is -1.52. The standard InChI is InChI=1S/C15H17F3N2/c1-2-14(7-3-4-8-14)13-19-11-6-5-10(15(16,17)18)9-12(11)20-13/h5-6,9H,2-4,7-8H2,1H3,(H,19,20). The number of alkyl halides is 3. The Labute approximate surface area is 115 Å². The quantitative estimate of drug-likeness (QED) is 0.841. The van der Waals surface area contributed by atoms with Gasteiger partial charge in [0, 0.05) is 5.41 Å². The van der Waals surface area contributed by atoms with E-state index >= 15 is 0 Å². The Kier molecular flexibility index (Phi) is 3.03. The highest BCUT2D eigenvalue weighted by atomic mass is 19.4. The maximum absolute atomic E-state index is 12.7. The van der Waals surface area contributed by atoms with Crippen molar-refractivity contribution >= 4 is 11.0 Å². The molecular formula is C15H17F3N2. The van der Waals surface area contributed by atoms with Crippen LogP contribution in [0, 0.1) is 0 Å². The van der Waals surface area contributed by atoms with E-state index in [9.17, 15) is 13.2 Å². The highest BCUT2D eigenvalue weighted by molar-refractivity contribution is 5.76. The lowest BCUT2D eigenvalue weighted by Crippen LogP contribution is -2.22. The Bertz CT molecular complexity index is 622. The molecule has 5 heteroatoms. The molecule has 0 atom stereocenters. The summed E-state index contributed by atoms with van der Waals surface area (Å²) in [5, 5.41) is 0. The third-order valence-corrected chi connectivity index (χ3v) is 4.55. The highest BCUT2D eigenvalue weighted by Gasteiger charge is 2.37. The molecule has 2 aromatic rings. The first-order valence-electron chi connectivity index (χ1n) is 7.02. The molecule has 0 spiro atoms. The third-order valence-electron chi connectivity index (χ3n) is 4.55. The van der Waals surface area contributed by atoms with Crippen LogP contribution in [-0.2, 0) is 11.6 Å². The van der Waals surface area contributed by atoms with Gasteiger partial charge in [-0.2, -0.15) is 13.2 Å².